The molecule has 0 aromatic heterocycles. The predicted molar refractivity (Wildman–Crippen MR) is 86.8 cm³/mol. The van der Waals surface area contributed by atoms with Gasteiger partial charge in [-0.3, -0.25) is 4.79 Å². The highest BCUT2D eigenvalue weighted by molar-refractivity contribution is 5.81. The van der Waals surface area contributed by atoms with Crippen molar-refractivity contribution >= 4 is 5.91 Å². The van der Waals surface area contributed by atoms with Crippen molar-refractivity contribution < 1.29 is 4.79 Å². The van der Waals surface area contributed by atoms with E-state index in [1.165, 1.54) is 19.3 Å². The average Bonchev–Trinajstić information content (AvgIpc) is 3.29. The van der Waals surface area contributed by atoms with Gasteiger partial charge in [0.05, 0.1) is 0 Å². The quantitative estimate of drug-likeness (QED) is 0.692. The molecule has 0 saturated heterocycles. The molecule has 0 bridgehead atoms. The third-order valence-corrected chi connectivity index (χ3v) is 5.90. The van der Waals surface area contributed by atoms with Crippen molar-refractivity contribution in [2.24, 2.45) is 29.6 Å². The predicted octanol–water partition coefficient (Wildman–Crippen LogP) is 4.26. The van der Waals surface area contributed by atoms with Crippen LogP contribution in [0.4, 0.5) is 0 Å². The molecule has 2 heteroatoms. The molecule has 0 aliphatic heterocycles. The van der Waals surface area contributed by atoms with Crippen molar-refractivity contribution in [3.05, 3.63) is 11.6 Å². The Labute approximate surface area is 130 Å². The first kappa shape index (κ1) is 15.1. The molecule has 3 aliphatic rings. The van der Waals surface area contributed by atoms with Gasteiger partial charge in [0, 0.05) is 18.5 Å². The molecule has 3 aliphatic carbocycles. The van der Waals surface area contributed by atoms with Gasteiger partial charge in [-0.1, -0.05) is 18.6 Å². The van der Waals surface area contributed by atoms with Gasteiger partial charge in [0.1, 0.15) is 0 Å². The first-order valence-electron chi connectivity index (χ1n) is 8.93. The topological polar surface area (TPSA) is 20.3 Å². The van der Waals surface area contributed by atoms with Crippen LogP contribution < -0.4 is 0 Å². The van der Waals surface area contributed by atoms with Crippen molar-refractivity contribution in [1.29, 1.82) is 0 Å². The lowest BCUT2D eigenvalue weighted by molar-refractivity contribution is -0.134. The van der Waals surface area contributed by atoms with Gasteiger partial charge in [0.15, 0.2) is 0 Å². The van der Waals surface area contributed by atoms with Crippen molar-refractivity contribution in [3.63, 3.8) is 0 Å². The van der Waals surface area contributed by atoms with Crippen LogP contribution in [0.25, 0.3) is 0 Å². The van der Waals surface area contributed by atoms with Crippen LogP contribution in [-0.4, -0.2) is 23.4 Å². The van der Waals surface area contributed by atoms with E-state index in [0.717, 1.165) is 43.1 Å². The van der Waals surface area contributed by atoms with Crippen LogP contribution in [0.2, 0.25) is 0 Å². The molecule has 0 radical (unpaired) electrons. The van der Waals surface area contributed by atoms with Crippen LogP contribution in [0.15, 0.2) is 11.6 Å². The fourth-order valence-electron chi connectivity index (χ4n) is 4.29. The summed E-state index contributed by atoms with van der Waals surface area (Å²) < 4.78 is 0. The van der Waals surface area contributed by atoms with Crippen molar-refractivity contribution in [3.8, 4) is 0 Å². The zero-order valence-electron chi connectivity index (χ0n) is 14.1. The smallest absolute Gasteiger partial charge is 0.225 e. The lowest BCUT2D eigenvalue weighted by Gasteiger charge is -2.30. The Morgan fingerprint density at radius 2 is 2.05 bits per heavy atom. The van der Waals surface area contributed by atoms with Crippen LogP contribution in [0.5, 0.6) is 0 Å². The normalized spacial score (nSPS) is 35.6. The number of allylic oxidation sites excluding steroid dienone is 2. The fourth-order valence-corrected chi connectivity index (χ4v) is 4.29. The summed E-state index contributed by atoms with van der Waals surface area (Å²) in [5.74, 6) is 4.14. The van der Waals surface area contributed by atoms with E-state index in [0.29, 0.717) is 17.9 Å². The zero-order valence-corrected chi connectivity index (χ0v) is 14.1. The van der Waals surface area contributed by atoms with Gasteiger partial charge in [-0.2, -0.15) is 0 Å². The summed E-state index contributed by atoms with van der Waals surface area (Å²) in [4.78, 5) is 14.6. The molecule has 0 aromatic carbocycles. The summed E-state index contributed by atoms with van der Waals surface area (Å²) in [6, 6.07) is 0.366. The van der Waals surface area contributed by atoms with Crippen LogP contribution in [0, 0.1) is 29.6 Å². The molecule has 21 heavy (non-hydrogen) atoms. The van der Waals surface area contributed by atoms with Gasteiger partial charge in [0.25, 0.3) is 0 Å². The minimum atomic E-state index is 0.365. The molecular formula is C19H31NO. The number of rotatable bonds is 5. The number of hydrogen-bond donors (Lipinski definition) is 0. The minimum absolute atomic E-state index is 0.365. The van der Waals surface area contributed by atoms with Crippen LogP contribution in [0.3, 0.4) is 0 Å². The van der Waals surface area contributed by atoms with E-state index in [4.69, 9.17) is 0 Å². The molecule has 0 aromatic rings. The lowest BCUT2D eigenvalue weighted by atomic mass is 9.78. The van der Waals surface area contributed by atoms with Gasteiger partial charge in [-0.15, -0.1) is 0 Å². The van der Waals surface area contributed by atoms with E-state index < -0.39 is 0 Å². The first-order chi connectivity index (χ1) is 9.97. The Kier molecular flexibility index (Phi) is 4.16. The number of nitrogens with zero attached hydrogens (tertiary/aromatic N) is 1. The fraction of sp³-hybridized carbons (Fsp3) is 0.842. The van der Waals surface area contributed by atoms with Gasteiger partial charge >= 0.3 is 0 Å². The minimum Gasteiger partial charge on any atom is -0.340 e. The Bertz CT molecular complexity index is 435. The summed E-state index contributed by atoms with van der Waals surface area (Å²) in [7, 11) is 0. The highest BCUT2D eigenvalue weighted by Gasteiger charge is 2.47. The third-order valence-electron chi connectivity index (χ3n) is 5.90. The summed E-state index contributed by atoms with van der Waals surface area (Å²) in [6.45, 7) is 10.1. The van der Waals surface area contributed by atoms with Gasteiger partial charge in [-0.25, -0.2) is 0 Å². The largest absolute Gasteiger partial charge is 0.340 e. The second-order valence-corrected chi connectivity index (χ2v) is 8.15. The number of hydrogen-bond acceptors (Lipinski definition) is 1. The van der Waals surface area contributed by atoms with Gasteiger partial charge in [-0.05, 0) is 76.5 Å². The molecular weight excluding hydrogens is 258 g/mol. The maximum Gasteiger partial charge on any atom is 0.225 e. The molecule has 0 heterocycles. The van der Waals surface area contributed by atoms with E-state index in [9.17, 15) is 4.79 Å². The number of amides is 1. The molecule has 118 valence electrons. The van der Waals surface area contributed by atoms with E-state index >= 15 is 0 Å². The molecule has 1 amide bonds. The van der Waals surface area contributed by atoms with E-state index in [1.54, 1.807) is 5.57 Å². The summed E-state index contributed by atoms with van der Waals surface area (Å²) in [5.41, 5.74) is 1.57. The lowest BCUT2D eigenvalue weighted by Crippen LogP contribution is -2.40. The highest BCUT2D eigenvalue weighted by Crippen LogP contribution is 2.51. The maximum absolute atomic E-state index is 12.4. The van der Waals surface area contributed by atoms with Crippen LogP contribution >= 0.6 is 0 Å². The van der Waals surface area contributed by atoms with E-state index in [2.05, 4.69) is 38.7 Å². The highest BCUT2D eigenvalue weighted by atomic mass is 16.2. The molecule has 3 rings (SSSR count). The van der Waals surface area contributed by atoms with Crippen molar-refractivity contribution in [1.82, 2.24) is 4.90 Å². The molecule has 4 unspecified atom stereocenters. The van der Waals surface area contributed by atoms with Gasteiger partial charge < -0.3 is 4.90 Å². The second-order valence-electron chi connectivity index (χ2n) is 8.15. The number of carbonyl (C=O) groups is 1. The Morgan fingerprint density at radius 3 is 2.62 bits per heavy atom. The average molecular weight is 289 g/mol. The SMILES string of the molecule is CC1=CCC(C2CC2CN(C(=O)C2CC2)C(C)C)C(C)C1. The molecule has 2 nitrogen and oxygen atoms in total. The Hall–Kier alpha value is -0.790. The van der Waals surface area contributed by atoms with Crippen molar-refractivity contribution in [2.75, 3.05) is 6.54 Å². The monoisotopic (exact) mass is 289 g/mol. The second kappa shape index (κ2) is 5.78. The molecule has 0 spiro atoms. The Balaban J connectivity index is 1.56. The summed E-state index contributed by atoms with van der Waals surface area (Å²) >= 11 is 0. The van der Waals surface area contributed by atoms with Crippen LogP contribution in [-0.2, 0) is 4.79 Å². The first-order valence-corrected chi connectivity index (χ1v) is 8.93. The van der Waals surface area contributed by atoms with Crippen molar-refractivity contribution in [2.45, 2.75) is 65.8 Å². The third kappa shape index (κ3) is 3.35. The molecule has 2 fully saturated rings. The van der Waals surface area contributed by atoms with Gasteiger partial charge in [0.2, 0.25) is 5.91 Å². The maximum atomic E-state index is 12.4. The van der Waals surface area contributed by atoms with E-state index in [-0.39, 0.29) is 0 Å². The number of carbonyl (C=O) groups excluding carboxylic acids is 1. The standard InChI is InChI=1S/C19H31NO/c1-12(2)20(19(21)15-6-7-15)11-16-10-18(16)17-8-5-13(3)9-14(17)4/h5,12,14-18H,6-11H2,1-4H3. The molecule has 4 atom stereocenters. The Morgan fingerprint density at radius 1 is 1.33 bits per heavy atom. The van der Waals surface area contributed by atoms with E-state index in [1.807, 2.05) is 0 Å². The van der Waals surface area contributed by atoms with Crippen LogP contribution in [0.1, 0.15) is 59.8 Å². The zero-order chi connectivity index (χ0) is 15.1. The summed E-state index contributed by atoms with van der Waals surface area (Å²) in [6.07, 6.45) is 8.60. The summed E-state index contributed by atoms with van der Waals surface area (Å²) in [5, 5.41) is 0. The molecule has 0 N–H and O–H groups in total. The molecule has 2 saturated carbocycles.